The van der Waals surface area contributed by atoms with E-state index in [9.17, 15) is 0 Å². The molecule has 0 saturated carbocycles. The number of rotatable bonds is 3. The zero-order valence-electron chi connectivity index (χ0n) is 10.8. The number of benzene rings is 2. The van der Waals surface area contributed by atoms with E-state index in [-0.39, 0.29) is 0 Å². The molecule has 1 N–H and O–H groups in total. The Morgan fingerprint density at radius 1 is 0.737 bits per heavy atom. The van der Waals surface area contributed by atoms with Crippen molar-refractivity contribution in [2.75, 3.05) is 5.32 Å². The second-order valence-electron chi connectivity index (χ2n) is 4.48. The normalized spacial score (nSPS) is 10.4. The molecule has 0 bridgehead atoms. The zero-order chi connectivity index (χ0) is 13.1. The molecule has 0 aliphatic heterocycles. The lowest BCUT2D eigenvalue weighted by Gasteiger charge is -2.06. The van der Waals surface area contributed by atoms with Gasteiger partial charge in [-0.25, -0.2) is 0 Å². The predicted molar refractivity (Wildman–Crippen MR) is 84.2 cm³/mol. The quantitative estimate of drug-likeness (QED) is 0.662. The number of aryl methyl sites for hydroxylation is 1. The lowest BCUT2D eigenvalue weighted by molar-refractivity contribution is 1.55. The van der Waals surface area contributed by atoms with Gasteiger partial charge in [0.25, 0.3) is 0 Å². The maximum absolute atomic E-state index is 3.39. The second-order valence-corrected chi connectivity index (χ2v) is 5.77. The van der Waals surface area contributed by atoms with Gasteiger partial charge >= 0.3 is 0 Å². The number of para-hydroxylation sites is 1. The first-order chi connectivity index (χ1) is 9.31. The Kier molecular flexibility index (Phi) is 3.34. The third-order valence-corrected chi connectivity index (χ3v) is 4.02. The van der Waals surface area contributed by atoms with Crippen molar-refractivity contribution in [1.29, 1.82) is 0 Å². The minimum Gasteiger partial charge on any atom is -0.356 e. The summed E-state index contributed by atoms with van der Waals surface area (Å²) in [6.45, 7) is 2.14. The van der Waals surface area contributed by atoms with E-state index in [1.807, 2.05) is 29.5 Å². The Labute approximate surface area is 117 Å². The summed E-state index contributed by atoms with van der Waals surface area (Å²) in [5, 5.41) is 3.39. The molecule has 0 aliphatic carbocycles. The molecule has 3 aromatic rings. The molecule has 1 heterocycles. The third-order valence-electron chi connectivity index (χ3n) is 2.97. The number of hydrogen-bond acceptors (Lipinski definition) is 2. The lowest BCUT2D eigenvalue weighted by Crippen LogP contribution is -1.88. The fraction of sp³-hybridized carbons (Fsp3) is 0.0588. The zero-order valence-corrected chi connectivity index (χ0v) is 11.6. The van der Waals surface area contributed by atoms with E-state index in [1.165, 1.54) is 15.3 Å². The predicted octanol–water partition coefficient (Wildman–Crippen LogP) is 5.47. The van der Waals surface area contributed by atoms with E-state index < -0.39 is 0 Å². The Hall–Kier alpha value is -2.06. The van der Waals surface area contributed by atoms with Crippen LogP contribution in [0, 0.1) is 6.92 Å². The van der Waals surface area contributed by atoms with Crippen molar-refractivity contribution in [3.8, 4) is 10.4 Å². The molecule has 0 radical (unpaired) electrons. The average molecular weight is 265 g/mol. The molecule has 2 heteroatoms. The van der Waals surface area contributed by atoms with Crippen LogP contribution >= 0.6 is 11.3 Å². The van der Waals surface area contributed by atoms with E-state index >= 15 is 0 Å². The lowest BCUT2D eigenvalue weighted by atomic mass is 10.1. The topological polar surface area (TPSA) is 12.0 Å². The van der Waals surface area contributed by atoms with Crippen LogP contribution in [0.25, 0.3) is 10.4 Å². The molecule has 0 amide bonds. The highest BCUT2D eigenvalue weighted by Crippen LogP contribution is 2.29. The molecule has 0 saturated heterocycles. The van der Waals surface area contributed by atoms with Gasteiger partial charge in [-0.2, -0.15) is 0 Å². The van der Waals surface area contributed by atoms with Crippen LogP contribution in [0.1, 0.15) is 4.88 Å². The first-order valence-electron chi connectivity index (χ1n) is 6.30. The average Bonchev–Trinajstić information content (AvgIpc) is 2.87. The van der Waals surface area contributed by atoms with E-state index in [1.54, 1.807) is 0 Å². The van der Waals surface area contributed by atoms with Crippen LogP contribution in [0.3, 0.4) is 0 Å². The van der Waals surface area contributed by atoms with Gasteiger partial charge in [0, 0.05) is 21.1 Å². The highest BCUT2D eigenvalue weighted by Gasteiger charge is 2.00. The summed E-state index contributed by atoms with van der Waals surface area (Å²) < 4.78 is 0. The highest BCUT2D eigenvalue weighted by molar-refractivity contribution is 7.15. The molecule has 1 aromatic heterocycles. The summed E-state index contributed by atoms with van der Waals surface area (Å²) in [6.07, 6.45) is 0. The van der Waals surface area contributed by atoms with E-state index in [4.69, 9.17) is 0 Å². The van der Waals surface area contributed by atoms with Crippen LogP contribution in [-0.4, -0.2) is 0 Å². The molecule has 94 valence electrons. The van der Waals surface area contributed by atoms with Gasteiger partial charge in [0.2, 0.25) is 0 Å². The van der Waals surface area contributed by atoms with Crippen LogP contribution < -0.4 is 5.32 Å². The minimum absolute atomic E-state index is 1.11. The molecule has 0 aliphatic rings. The number of anilines is 2. The van der Waals surface area contributed by atoms with E-state index in [2.05, 4.69) is 60.8 Å². The van der Waals surface area contributed by atoms with Gasteiger partial charge in [0.15, 0.2) is 0 Å². The highest BCUT2D eigenvalue weighted by atomic mass is 32.1. The monoisotopic (exact) mass is 265 g/mol. The van der Waals surface area contributed by atoms with Gasteiger partial charge in [0.05, 0.1) is 0 Å². The van der Waals surface area contributed by atoms with Crippen molar-refractivity contribution < 1.29 is 0 Å². The molecule has 2 aromatic carbocycles. The molecular weight excluding hydrogens is 250 g/mol. The summed E-state index contributed by atoms with van der Waals surface area (Å²) >= 11 is 1.83. The maximum Gasteiger partial charge on any atom is 0.0384 e. The van der Waals surface area contributed by atoms with Gasteiger partial charge in [-0.15, -0.1) is 11.3 Å². The first kappa shape index (κ1) is 12.0. The molecular formula is C17H15NS. The summed E-state index contributed by atoms with van der Waals surface area (Å²) in [7, 11) is 0. The minimum atomic E-state index is 1.11. The number of nitrogens with one attached hydrogen (secondary N) is 1. The fourth-order valence-corrected chi connectivity index (χ4v) is 2.87. The molecule has 3 rings (SSSR count). The largest absolute Gasteiger partial charge is 0.356 e. The standard InChI is InChI=1S/C17H15NS/c1-13-7-12-17(19-13)14-8-10-16(11-9-14)18-15-5-3-2-4-6-15/h2-12,18H,1H3. The van der Waals surface area contributed by atoms with Crippen LogP contribution in [0.4, 0.5) is 11.4 Å². The molecule has 0 atom stereocenters. The fourth-order valence-electron chi connectivity index (χ4n) is 2.00. The number of thiophene rings is 1. The molecule has 0 spiro atoms. The smallest absolute Gasteiger partial charge is 0.0384 e. The van der Waals surface area contributed by atoms with Crippen LogP contribution in [-0.2, 0) is 0 Å². The Bertz CT molecular complexity index is 653. The van der Waals surface area contributed by atoms with Gasteiger partial charge < -0.3 is 5.32 Å². The Morgan fingerprint density at radius 2 is 1.42 bits per heavy atom. The molecule has 0 unspecified atom stereocenters. The summed E-state index contributed by atoms with van der Waals surface area (Å²) in [4.78, 5) is 2.67. The summed E-state index contributed by atoms with van der Waals surface area (Å²) in [6, 6.07) is 23.1. The molecule has 0 fully saturated rings. The second kappa shape index (κ2) is 5.29. The molecule has 1 nitrogen and oxygen atoms in total. The van der Waals surface area contributed by atoms with Crippen molar-refractivity contribution in [1.82, 2.24) is 0 Å². The van der Waals surface area contributed by atoms with Crippen molar-refractivity contribution in [2.24, 2.45) is 0 Å². The van der Waals surface area contributed by atoms with Gasteiger partial charge in [0.1, 0.15) is 0 Å². The van der Waals surface area contributed by atoms with Gasteiger partial charge in [-0.05, 0) is 48.9 Å². The van der Waals surface area contributed by atoms with Crippen molar-refractivity contribution in [3.63, 3.8) is 0 Å². The van der Waals surface area contributed by atoms with Crippen LogP contribution in [0.15, 0.2) is 66.7 Å². The van der Waals surface area contributed by atoms with Crippen molar-refractivity contribution >= 4 is 22.7 Å². The maximum atomic E-state index is 3.39. The number of hydrogen-bond donors (Lipinski definition) is 1. The van der Waals surface area contributed by atoms with Crippen molar-refractivity contribution in [2.45, 2.75) is 6.92 Å². The van der Waals surface area contributed by atoms with Gasteiger partial charge in [-0.1, -0.05) is 30.3 Å². The third kappa shape index (κ3) is 2.85. The van der Waals surface area contributed by atoms with Crippen LogP contribution in [0.5, 0.6) is 0 Å². The van der Waals surface area contributed by atoms with Crippen molar-refractivity contribution in [3.05, 3.63) is 71.6 Å². The molecule has 19 heavy (non-hydrogen) atoms. The van der Waals surface area contributed by atoms with Gasteiger partial charge in [-0.3, -0.25) is 0 Å². The SMILES string of the molecule is Cc1ccc(-c2ccc(Nc3ccccc3)cc2)s1. The Balaban J connectivity index is 1.79. The summed E-state index contributed by atoms with van der Waals surface area (Å²) in [5.74, 6) is 0. The first-order valence-corrected chi connectivity index (χ1v) is 7.12. The van der Waals surface area contributed by atoms with E-state index in [0.717, 1.165) is 11.4 Å². The summed E-state index contributed by atoms with van der Waals surface area (Å²) in [5.41, 5.74) is 3.50. The Morgan fingerprint density at radius 3 is 2.05 bits per heavy atom. The van der Waals surface area contributed by atoms with E-state index in [0.29, 0.717) is 0 Å². The van der Waals surface area contributed by atoms with Crippen LogP contribution in [0.2, 0.25) is 0 Å².